The second-order valence-electron chi connectivity index (χ2n) is 8.96. The quantitative estimate of drug-likeness (QED) is 0.268. The molecule has 0 spiro atoms. The zero-order valence-corrected chi connectivity index (χ0v) is 22.4. The molecule has 0 saturated carbocycles. The summed E-state index contributed by atoms with van der Waals surface area (Å²) in [5.41, 5.74) is 9.91. The van der Waals surface area contributed by atoms with Gasteiger partial charge >= 0.3 is 0 Å². The first-order chi connectivity index (χ1) is 17.6. The molecule has 0 atom stereocenters. The number of aryl methyl sites for hydroxylation is 3. The first kappa shape index (κ1) is 25.9. The summed E-state index contributed by atoms with van der Waals surface area (Å²) in [4.78, 5) is 12.8. The number of rotatable bonds is 7. The van der Waals surface area contributed by atoms with Crippen molar-refractivity contribution in [3.8, 4) is 5.69 Å². The summed E-state index contributed by atoms with van der Waals surface area (Å²) < 4.78 is 29.0. The molecular weight excluding hydrogens is 484 g/mol. The van der Waals surface area contributed by atoms with Crippen LogP contribution >= 0.6 is 0 Å². The van der Waals surface area contributed by atoms with Crippen molar-refractivity contribution >= 4 is 27.8 Å². The number of carbonyl (C=O) groups excluding carboxylic acids is 1. The van der Waals surface area contributed by atoms with Crippen molar-refractivity contribution in [3.05, 3.63) is 113 Å². The van der Waals surface area contributed by atoms with E-state index in [9.17, 15) is 13.2 Å². The maximum atomic E-state index is 12.8. The van der Waals surface area contributed by atoms with Gasteiger partial charge in [-0.1, -0.05) is 24.3 Å². The van der Waals surface area contributed by atoms with E-state index < -0.39 is 10.0 Å². The Morgan fingerprint density at radius 1 is 0.892 bits per heavy atom. The average Bonchev–Trinajstić information content (AvgIpc) is 3.18. The lowest BCUT2D eigenvalue weighted by Crippen LogP contribution is -2.26. The Morgan fingerprint density at radius 3 is 2.22 bits per heavy atom. The van der Waals surface area contributed by atoms with E-state index in [0.29, 0.717) is 11.3 Å². The number of nitrogens with zero attached hydrogens (tertiary/aromatic N) is 3. The SMILES string of the molecule is Cc1ccc(-n2c(C)cc(/C=N\NC(=O)c3ccc(N(C)S(=O)(=O)c4ccccc4)cc3)c2C)cc1C. The van der Waals surface area contributed by atoms with Crippen molar-refractivity contribution in [2.45, 2.75) is 32.6 Å². The second-order valence-corrected chi connectivity index (χ2v) is 10.9. The number of hydrazone groups is 1. The summed E-state index contributed by atoms with van der Waals surface area (Å²) in [6, 6.07) is 22.9. The van der Waals surface area contributed by atoms with E-state index in [1.807, 2.05) is 19.9 Å². The lowest BCUT2D eigenvalue weighted by Gasteiger charge is -2.19. The molecule has 0 bridgehead atoms. The van der Waals surface area contributed by atoms with Gasteiger partial charge in [-0.15, -0.1) is 0 Å². The molecule has 0 aliphatic rings. The van der Waals surface area contributed by atoms with Crippen molar-refractivity contribution in [1.82, 2.24) is 9.99 Å². The summed E-state index contributed by atoms with van der Waals surface area (Å²) in [5.74, 6) is -0.390. The fourth-order valence-electron chi connectivity index (χ4n) is 4.12. The Morgan fingerprint density at radius 2 is 1.57 bits per heavy atom. The first-order valence-corrected chi connectivity index (χ1v) is 13.3. The molecule has 1 aromatic heterocycles. The van der Waals surface area contributed by atoms with E-state index in [-0.39, 0.29) is 10.8 Å². The molecule has 37 heavy (non-hydrogen) atoms. The first-order valence-electron chi connectivity index (χ1n) is 11.8. The van der Waals surface area contributed by atoms with Gasteiger partial charge in [0.05, 0.1) is 16.8 Å². The topological polar surface area (TPSA) is 83.8 Å². The zero-order valence-electron chi connectivity index (χ0n) is 21.6. The number of amides is 1. The largest absolute Gasteiger partial charge is 0.318 e. The molecule has 1 heterocycles. The molecule has 4 aromatic rings. The van der Waals surface area contributed by atoms with Crippen molar-refractivity contribution in [2.24, 2.45) is 5.10 Å². The maximum Gasteiger partial charge on any atom is 0.271 e. The Kier molecular flexibility index (Phi) is 7.31. The van der Waals surface area contributed by atoms with Gasteiger partial charge in [0.25, 0.3) is 15.9 Å². The molecule has 0 aliphatic carbocycles. The van der Waals surface area contributed by atoms with Crippen molar-refractivity contribution in [3.63, 3.8) is 0 Å². The lowest BCUT2D eigenvalue weighted by atomic mass is 10.1. The third-order valence-corrected chi connectivity index (χ3v) is 8.28. The van der Waals surface area contributed by atoms with Gasteiger partial charge in [0.1, 0.15) is 0 Å². The molecule has 1 amide bonds. The summed E-state index contributed by atoms with van der Waals surface area (Å²) in [7, 11) is -2.21. The van der Waals surface area contributed by atoms with Crippen LogP contribution < -0.4 is 9.73 Å². The number of carbonyl (C=O) groups is 1. The number of anilines is 1. The Balaban J connectivity index is 1.45. The van der Waals surface area contributed by atoms with Crippen molar-refractivity contribution in [2.75, 3.05) is 11.4 Å². The second kappa shape index (κ2) is 10.4. The lowest BCUT2D eigenvalue weighted by molar-refractivity contribution is 0.0955. The van der Waals surface area contributed by atoms with Crippen LogP contribution in [0.25, 0.3) is 5.69 Å². The number of sulfonamides is 1. The minimum absolute atomic E-state index is 0.200. The van der Waals surface area contributed by atoms with Crippen LogP contribution in [-0.4, -0.2) is 32.2 Å². The van der Waals surface area contributed by atoms with Gasteiger partial charge in [-0.3, -0.25) is 9.10 Å². The summed E-state index contributed by atoms with van der Waals surface area (Å²) in [6.45, 7) is 8.24. The molecule has 7 nitrogen and oxygen atoms in total. The van der Waals surface area contributed by atoms with Gasteiger partial charge in [-0.2, -0.15) is 5.10 Å². The smallest absolute Gasteiger partial charge is 0.271 e. The molecule has 0 saturated heterocycles. The molecule has 3 aromatic carbocycles. The Bertz CT molecular complexity index is 1570. The average molecular weight is 515 g/mol. The van der Waals surface area contributed by atoms with Crippen LogP contribution in [0.2, 0.25) is 0 Å². The maximum absolute atomic E-state index is 12.8. The monoisotopic (exact) mass is 514 g/mol. The standard InChI is InChI=1S/C29H30N4O3S/c1-20-11-14-27(17-21(20)2)33-22(3)18-25(23(33)4)19-30-31-29(34)24-12-15-26(16-13-24)32(5)37(35,36)28-9-7-6-8-10-28/h6-19H,1-5H3,(H,31,34)/b30-19-. The van der Waals surface area contributed by atoms with Crippen LogP contribution in [0.5, 0.6) is 0 Å². The Hall–Kier alpha value is -4.17. The normalized spacial score (nSPS) is 11.6. The fraction of sp³-hybridized carbons (Fsp3) is 0.172. The van der Waals surface area contributed by atoms with Crippen LogP contribution in [0.4, 0.5) is 5.69 Å². The van der Waals surface area contributed by atoms with Crippen LogP contribution in [0.1, 0.15) is 38.4 Å². The van der Waals surface area contributed by atoms with Crippen molar-refractivity contribution < 1.29 is 13.2 Å². The summed E-state index contributed by atoms with van der Waals surface area (Å²) in [5, 5.41) is 4.15. The van der Waals surface area contributed by atoms with E-state index >= 15 is 0 Å². The van der Waals surface area contributed by atoms with E-state index in [1.54, 1.807) is 60.8 Å². The van der Waals surface area contributed by atoms with Crippen LogP contribution in [0, 0.1) is 27.7 Å². The van der Waals surface area contributed by atoms with E-state index in [2.05, 4.69) is 47.1 Å². The molecular formula is C29H30N4O3S. The van der Waals surface area contributed by atoms with Gasteiger partial charge in [-0.25, -0.2) is 13.8 Å². The minimum Gasteiger partial charge on any atom is -0.318 e. The van der Waals surface area contributed by atoms with Gasteiger partial charge in [0.2, 0.25) is 0 Å². The van der Waals surface area contributed by atoms with Gasteiger partial charge in [0, 0.05) is 35.2 Å². The van der Waals surface area contributed by atoms with E-state index in [1.165, 1.54) is 22.5 Å². The molecule has 0 unspecified atom stereocenters. The molecule has 1 N–H and O–H groups in total. The number of benzene rings is 3. The van der Waals surface area contributed by atoms with Crippen molar-refractivity contribution in [1.29, 1.82) is 0 Å². The molecule has 0 aliphatic heterocycles. The highest BCUT2D eigenvalue weighted by molar-refractivity contribution is 7.92. The third-order valence-electron chi connectivity index (χ3n) is 6.48. The molecule has 0 fully saturated rings. The van der Waals surface area contributed by atoms with Crippen LogP contribution in [0.3, 0.4) is 0 Å². The van der Waals surface area contributed by atoms with Gasteiger partial charge in [-0.05, 0) is 93.4 Å². The summed E-state index contributed by atoms with van der Waals surface area (Å²) >= 11 is 0. The van der Waals surface area contributed by atoms with Crippen LogP contribution in [-0.2, 0) is 10.0 Å². The molecule has 4 rings (SSSR count). The van der Waals surface area contributed by atoms with E-state index in [0.717, 1.165) is 22.6 Å². The van der Waals surface area contributed by atoms with E-state index in [4.69, 9.17) is 0 Å². The molecule has 190 valence electrons. The number of hydrogen-bond acceptors (Lipinski definition) is 4. The number of aromatic nitrogens is 1. The number of nitrogens with one attached hydrogen (secondary N) is 1. The Labute approximate surface area is 218 Å². The highest BCUT2D eigenvalue weighted by atomic mass is 32.2. The highest BCUT2D eigenvalue weighted by Gasteiger charge is 2.21. The van der Waals surface area contributed by atoms with Crippen LogP contribution in [0.15, 0.2) is 88.9 Å². The van der Waals surface area contributed by atoms with Gasteiger partial charge in [0.15, 0.2) is 0 Å². The predicted octanol–water partition coefficient (Wildman–Crippen LogP) is 5.30. The fourth-order valence-corrected chi connectivity index (χ4v) is 5.33. The predicted molar refractivity (Wildman–Crippen MR) is 148 cm³/mol. The minimum atomic E-state index is -3.69. The van der Waals surface area contributed by atoms with Gasteiger partial charge < -0.3 is 4.57 Å². The molecule has 0 radical (unpaired) electrons. The molecule has 8 heteroatoms. The number of hydrogen-bond donors (Lipinski definition) is 1. The highest BCUT2D eigenvalue weighted by Crippen LogP contribution is 2.23. The summed E-state index contributed by atoms with van der Waals surface area (Å²) in [6.07, 6.45) is 1.63. The zero-order chi connectivity index (χ0) is 26.7. The third kappa shape index (κ3) is 5.34.